The molecular formula is C29H30F3N5O4S. The second-order valence-electron chi connectivity index (χ2n) is 11.2. The predicted octanol–water partition coefficient (Wildman–Crippen LogP) is 6.31. The van der Waals surface area contributed by atoms with E-state index in [0.29, 0.717) is 5.69 Å². The molecule has 1 fully saturated rings. The molecule has 2 aliphatic rings. The topological polar surface area (TPSA) is 117 Å². The lowest BCUT2D eigenvalue weighted by molar-refractivity contribution is -0.137. The van der Waals surface area contributed by atoms with Gasteiger partial charge < -0.3 is 9.67 Å². The van der Waals surface area contributed by atoms with Crippen LogP contribution in [0.2, 0.25) is 0 Å². The Morgan fingerprint density at radius 3 is 2.60 bits per heavy atom. The molecule has 3 atom stereocenters. The quantitative estimate of drug-likeness (QED) is 0.237. The Bertz CT molecular complexity index is 1670. The molecule has 2 aromatic heterocycles. The van der Waals surface area contributed by atoms with Crippen LogP contribution in [0.25, 0.3) is 5.69 Å². The highest BCUT2D eigenvalue weighted by Gasteiger charge is 2.45. The van der Waals surface area contributed by atoms with Gasteiger partial charge in [-0.2, -0.15) is 17.5 Å². The normalized spacial score (nSPS) is 22.8. The Morgan fingerprint density at radius 2 is 1.90 bits per heavy atom. The van der Waals surface area contributed by atoms with E-state index in [1.807, 2.05) is 42.0 Å². The van der Waals surface area contributed by atoms with Crippen LogP contribution in [-0.4, -0.2) is 50.6 Å². The van der Waals surface area contributed by atoms with Gasteiger partial charge in [-0.05, 0) is 66.3 Å². The number of carboxylic acid groups (broad SMARTS) is 1. The molecule has 1 aliphatic carbocycles. The standard InChI is InChI=1S/C29H30F3N5O4S/c1-17-10-19-12-20(29(30,31)32)6-7-26(19)42(40,41)36(14-17)15-18-4-3-5-21(11-18)37-9-8-22(28(38)39)27(37)24-13-23(24)25-16-35(2)34-33-25/h3-9,11-12,16-17,23-24,40-41H,10,13-15H2,1-2H3,(H,38,39). The Hall–Kier alpha value is -3.65. The van der Waals surface area contributed by atoms with E-state index < -0.39 is 28.5 Å². The van der Waals surface area contributed by atoms with Crippen molar-refractivity contribution < 1.29 is 32.2 Å². The number of aromatic nitrogens is 4. The van der Waals surface area contributed by atoms with Gasteiger partial charge >= 0.3 is 12.1 Å². The molecule has 3 N–H and O–H groups in total. The largest absolute Gasteiger partial charge is 0.478 e. The molecule has 1 saturated carbocycles. The van der Waals surface area contributed by atoms with E-state index in [1.165, 1.54) is 10.4 Å². The summed E-state index contributed by atoms with van der Waals surface area (Å²) in [6, 6.07) is 12.0. The molecular weight excluding hydrogens is 571 g/mol. The summed E-state index contributed by atoms with van der Waals surface area (Å²) in [7, 11) is -1.80. The number of alkyl halides is 3. The van der Waals surface area contributed by atoms with Crippen molar-refractivity contribution in [1.82, 2.24) is 23.9 Å². The predicted molar refractivity (Wildman–Crippen MR) is 150 cm³/mol. The van der Waals surface area contributed by atoms with Crippen molar-refractivity contribution in [3.63, 3.8) is 0 Å². The van der Waals surface area contributed by atoms with E-state index in [0.717, 1.165) is 35.5 Å². The van der Waals surface area contributed by atoms with E-state index in [2.05, 4.69) is 10.3 Å². The van der Waals surface area contributed by atoms with E-state index >= 15 is 0 Å². The minimum Gasteiger partial charge on any atom is -0.478 e. The van der Waals surface area contributed by atoms with Gasteiger partial charge in [0.25, 0.3) is 0 Å². The molecule has 42 heavy (non-hydrogen) atoms. The van der Waals surface area contributed by atoms with Crippen LogP contribution >= 0.6 is 10.8 Å². The van der Waals surface area contributed by atoms with Crippen LogP contribution in [0.3, 0.4) is 0 Å². The fourth-order valence-electron chi connectivity index (χ4n) is 5.96. The van der Waals surface area contributed by atoms with Crippen molar-refractivity contribution in [1.29, 1.82) is 0 Å². The second-order valence-corrected chi connectivity index (χ2v) is 13.2. The molecule has 1 aliphatic heterocycles. The van der Waals surface area contributed by atoms with Crippen molar-refractivity contribution in [3.05, 3.63) is 94.6 Å². The third-order valence-corrected chi connectivity index (χ3v) is 9.96. The van der Waals surface area contributed by atoms with Gasteiger partial charge in [0.1, 0.15) is 0 Å². The molecule has 222 valence electrons. The fraction of sp³-hybridized carbons (Fsp3) is 0.345. The lowest BCUT2D eigenvalue weighted by atomic mass is 9.99. The molecule has 13 heteroatoms. The molecule has 6 rings (SSSR count). The van der Waals surface area contributed by atoms with Crippen LogP contribution in [0, 0.1) is 5.92 Å². The Balaban J connectivity index is 1.31. The number of nitrogens with zero attached hydrogens (tertiary/aromatic N) is 5. The second kappa shape index (κ2) is 10.3. The van der Waals surface area contributed by atoms with Crippen LogP contribution in [0.1, 0.15) is 63.6 Å². The first-order valence-electron chi connectivity index (χ1n) is 13.5. The monoisotopic (exact) mass is 601 g/mol. The minimum atomic E-state index is -4.53. The number of fused-ring (bicyclic) bond motifs is 1. The highest BCUT2D eigenvalue weighted by Crippen LogP contribution is 2.57. The highest BCUT2D eigenvalue weighted by molar-refractivity contribution is 8.22. The fourth-order valence-corrected chi connectivity index (χ4v) is 7.78. The van der Waals surface area contributed by atoms with Gasteiger partial charge in [-0.1, -0.05) is 24.3 Å². The molecule has 0 amide bonds. The average Bonchev–Trinajstić information content (AvgIpc) is 3.39. The zero-order valence-electron chi connectivity index (χ0n) is 22.9. The summed E-state index contributed by atoms with van der Waals surface area (Å²) in [6.07, 6.45) is 0.0531. The van der Waals surface area contributed by atoms with Crippen molar-refractivity contribution >= 4 is 16.7 Å². The zero-order chi connectivity index (χ0) is 30.0. The number of hydrogen-bond acceptors (Lipinski definition) is 6. The third kappa shape index (κ3) is 5.21. The number of halogens is 3. The smallest absolute Gasteiger partial charge is 0.416 e. The first-order valence-corrected chi connectivity index (χ1v) is 15.0. The van der Waals surface area contributed by atoms with Gasteiger partial charge in [-0.15, -0.1) is 15.9 Å². The third-order valence-electron chi connectivity index (χ3n) is 7.97. The Morgan fingerprint density at radius 1 is 1.12 bits per heavy atom. The van der Waals surface area contributed by atoms with Crippen LogP contribution in [0.15, 0.2) is 65.8 Å². The summed E-state index contributed by atoms with van der Waals surface area (Å²) in [5.41, 5.74) is 2.62. The number of carboxylic acids is 1. The van der Waals surface area contributed by atoms with Crippen molar-refractivity contribution in [2.75, 3.05) is 6.54 Å². The first-order chi connectivity index (χ1) is 19.8. The molecule has 0 spiro atoms. The molecule has 9 nitrogen and oxygen atoms in total. The maximum atomic E-state index is 13.4. The Kier molecular flexibility index (Phi) is 6.96. The number of carbonyl (C=O) groups is 1. The summed E-state index contributed by atoms with van der Waals surface area (Å²) >= 11 is 0. The summed E-state index contributed by atoms with van der Waals surface area (Å²) < 4.78 is 67.8. The lowest BCUT2D eigenvalue weighted by Crippen LogP contribution is -2.30. The van der Waals surface area contributed by atoms with Gasteiger partial charge in [0.05, 0.1) is 21.7 Å². The van der Waals surface area contributed by atoms with Gasteiger partial charge in [-0.25, -0.2) is 4.79 Å². The summed E-state index contributed by atoms with van der Waals surface area (Å²) in [4.78, 5) is 12.2. The van der Waals surface area contributed by atoms with Gasteiger partial charge in [-0.3, -0.25) is 13.8 Å². The maximum Gasteiger partial charge on any atom is 0.416 e. The zero-order valence-corrected chi connectivity index (χ0v) is 23.7. The van der Waals surface area contributed by atoms with Crippen LogP contribution in [0.4, 0.5) is 13.2 Å². The average molecular weight is 602 g/mol. The van der Waals surface area contributed by atoms with E-state index in [1.54, 1.807) is 24.0 Å². The molecule has 0 bridgehead atoms. The molecule has 3 unspecified atom stereocenters. The lowest BCUT2D eigenvalue weighted by Gasteiger charge is -2.43. The Labute approximate surface area is 241 Å². The summed E-state index contributed by atoms with van der Waals surface area (Å²) in [6.45, 7) is 2.27. The first kappa shape index (κ1) is 28.5. The minimum absolute atomic E-state index is 0.0528. The molecule has 0 radical (unpaired) electrons. The van der Waals surface area contributed by atoms with Crippen LogP contribution in [0.5, 0.6) is 0 Å². The summed E-state index contributed by atoms with van der Waals surface area (Å²) in [5, 5.41) is 18.1. The van der Waals surface area contributed by atoms with Crippen molar-refractivity contribution in [3.8, 4) is 5.69 Å². The van der Waals surface area contributed by atoms with E-state index in [4.69, 9.17) is 0 Å². The highest BCUT2D eigenvalue weighted by atomic mass is 32.3. The number of benzene rings is 2. The maximum absolute atomic E-state index is 13.4. The summed E-state index contributed by atoms with van der Waals surface area (Å²) in [5.74, 6) is -1.16. The SMILES string of the molecule is CC1Cc2cc(C(F)(F)F)ccc2S(O)(O)N(Cc2cccc(-n3ccc(C(=O)O)c3C3CC3c3cn(C)nn3)c2)C1. The van der Waals surface area contributed by atoms with Crippen LogP contribution < -0.4 is 0 Å². The molecule has 2 aromatic carbocycles. The molecule has 3 heterocycles. The van der Waals surface area contributed by atoms with Gasteiger partial charge in [0.2, 0.25) is 0 Å². The number of aromatic carboxylic acids is 1. The van der Waals surface area contributed by atoms with Gasteiger partial charge in [0, 0.05) is 55.7 Å². The number of hydrogen-bond donors (Lipinski definition) is 3. The number of aryl methyl sites for hydroxylation is 1. The molecule has 0 saturated heterocycles. The molecule has 4 aromatic rings. The van der Waals surface area contributed by atoms with E-state index in [-0.39, 0.29) is 53.3 Å². The van der Waals surface area contributed by atoms with Gasteiger partial charge in [0.15, 0.2) is 0 Å². The van der Waals surface area contributed by atoms with Crippen molar-refractivity contribution in [2.45, 2.75) is 49.2 Å². The van der Waals surface area contributed by atoms with Crippen LogP contribution in [-0.2, 0) is 26.2 Å². The van der Waals surface area contributed by atoms with E-state index in [9.17, 15) is 32.2 Å². The van der Waals surface area contributed by atoms with Crippen molar-refractivity contribution in [2.24, 2.45) is 13.0 Å². The number of rotatable bonds is 6.